The van der Waals surface area contributed by atoms with Crippen molar-refractivity contribution in [2.24, 2.45) is 4.99 Å². The second-order valence-electron chi connectivity index (χ2n) is 5.52. The molecule has 0 aliphatic carbocycles. The third-order valence-corrected chi connectivity index (χ3v) is 4.34. The number of aliphatic imine (C=N–C) groups is 1. The van der Waals surface area contributed by atoms with E-state index in [1.807, 2.05) is 31.3 Å². The Labute approximate surface area is 146 Å². The molecule has 0 saturated carbocycles. The van der Waals surface area contributed by atoms with E-state index in [1.54, 1.807) is 0 Å². The van der Waals surface area contributed by atoms with Gasteiger partial charge in [0.05, 0.1) is 22.2 Å². The van der Waals surface area contributed by atoms with Gasteiger partial charge in [-0.05, 0) is 53.9 Å². The number of hydrogen-bond donors (Lipinski definition) is 1. The molecule has 1 aromatic carbocycles. The second-order valence-corrected chi connectivity index (χ2v) is 6.38. The molecule has 0 aliphatic rings. The van der Waals surface area contributed by atoms with E-state index in [1.165, 1.54) is 11.1 Å². The van der Waals surface area contributed by atoms with Crippen LogP contribution in [0.3, 0.4) is 0 Å². The molecule has 122 valence electrons. The number of nitrogens with one attached hydrogen (secondary N) is 1. The second kappa shape index (κ2) is 8.11. The van der Waals surface area contributed by atoms with Crippen LogP contribution in [0.15, 0.2) is 39.8 Å². The number of rotatable bonds is 6. The zero-order valence-electron chi connectivity index (χ0n) is 14.1. The Morgan fingerprint density at radius 2 is 2.04 bits per heavy atom. The van der Waals surface area contributed by atoms with E-state index >= 15 is 0 Å². The van der Waals surface area contributed by atoms with Gasteiger partial charge in [-0.25, -0.2) is 9.98 Å². The van der Waals surface area contributed by atoms with E-state index in [-0.39, 0.29) is 0 Å². The van der Waals surface area contributed by atoms with Crippen LogP contribution in [-0.4, -0.2) is 29.8 Å². The third-order valence-electron chi connectivity index (χ3n) is 3.74. The number of anilines is 1. The zero-order valence-corrected chi connectivity index (χ0v) is 15.7. The van der Waals surface area contributed by atoms with Crippen molar-refractivity contribution in [3.63, 3.8) is 0 Å². The molecular weight excluding hydrogens is 352 g/mol. The summed E-state index contributed by atoms with van der Waals surface area (Å²) in [5.74, 6) is 0.841. The minimum Gasteiger partial charge on any atom is -0.366 e. The summed E-state index contributed by atoms with van der Waals surface area (Å²) in [6.45, 7) is 7.86. The molecule has 4 nitrogen and oxygen atoms in total. The maximum Gasteiger partial charge on any atom is 0.141 e. The van der Waals surface area contributed by atoms with Gasteiger partial charge in [-0.2, -0.15) is 0 Å². The summed E-state index contributed by atoms with van der Waals surface area (Å²) in [5.41, 5.74) is 4.32. The van der Waals surface area contributed by atoms with Crippen LogP contribution >= 0.6 is 15.9 Å². The van der Waals surface area contributed by atoms with Crippen LogP contribution in [-0.2, 0) is 6.54 Å². The number of benzene rings is 1. The minimum absolute atomic E-state index is 0.749. The fraction of sp³-hybridized carbons (Fsp3) is 0.333. The number of nitrogens with zero attached hydrogens (tertiary/aromatic N) is 3. The Morgan fingerprint density at radius 1 is 1.30 bits per heavy atom. The van der Waals surface area contributed by atoms with Gasteiger partial charge in [-0.3, -0.25) is 0 Å². The van der Waals surface area contributed by atoms with Gasteiger partial charge in [0.1, 0.15) is 5.82 Å². The Morgan fingerprint density at radius 3 is 2.74 bits per heavy atom. The molecule has 0 bridgehead atoms. The molecule has 0 saturated heterocycles. The van der Waals surface area contributed by atoms with Crippen molar-refractivity contribution >= 4 is 33.8 Å². The van der Waals surface area contributed by atoms with E-state index in [0.29, 0.717) is 0 Å². The molecule has 0 unspecified atom stereocenters. The largest absolute Gasteiger partial charge is 0.366 e. The molecular formula is C18H23BrN4. The number of halogens is 1. The predicted octanol–water partition coefficient (Wildman–Crippen LogP) is 4.68. The number of pyridine rings is 1. The maximum absolute atomic E-state index is 4.63. The van der Waals surface area contributed by atoms with E-state index < -0.39 is 0 Å². The van der Waals surface area contributed by atoms with Gasteiger partial charge in [-0.1, -0.05) is 24.3 Å². The maximum atomic E-state index is 4.63. The van der Waals surface area contributed by atoms with E-state index in [4.69, 9.17) is 0 Å². The lowest BCUT2D eigenvalue weighted by molar-refractivity contribution is 0.552. The normalized spacial score (nSPS) is 11.0. The molecule has 0 aliphatic heterocycles. The van der Waals surface area contributed by atoms with Crippen LogP contribution in [0.5, 0.6) is 0 Å². The summed E-state index contributed by atoms with van der Waals surface area (Å²) in [7, 11) is 2.00. The molecule has 2 aromatic rings. The highest BCUT2D eigenvalue weighted by atomic mass is 79.9. The standard InChI is InChI=1S/C18H23BrN4/c1-5-23(4)12-21-17-10-16(19)18(22-14(17)3)20-11-15-9-7-6-8-13(15)2/h6-10,12H,5,11H2,1-4H3,(H,20,22). The van der Waals surface area contributed by atoms with E-state index in [0.717, 1.165) is 34.8 Å². The molecule has 23 heavy (non-hydrogen) atoms. The summed E-state index contributed by atoms with van der Waals surface area (Å²) in [5, 5.41) is 3.39. The minimum atomic E-state index is 0.749. The van der Waals surface area contributed by atoms with Gasteiger partial charge < -0.3 is 10.2 Å². The van der Waals surface area contributed by atoms with Crippen LogP contribution in [0, 0.1) is 13.8 Å². The van der Waals surface area contributed by atoms with Crippen molar-refractivity contribution in [1.29, 1.82) is 0 Å². The van der Waals surface area contributed by atoms with Crippen LogP contribution < -0.4 is 5.32 Å². The first-order chi connectivity index (χ1) is 11.0. The molecule has 1 N–H and O–H groups in total. The number of aromatic nitrogens is 1. The monoisotopic (exact) mass is 374 g/mol. The van der Waals surface area contributed by atoms with E-state index in [9.17, 15) is 0 Å². The quantitative estimate of drug-likeness (QED) is 0.589. The van der Waals surface area contributed by atoms with Crippen molar-refractivity contribution in [3.8, 4) is 0 Å². The summed E-state index contributed by atoms with van der Waals surface area (Å²) in [6, 6.07) is 10.4. The Kier molecular flexibility index (Phi) is 6.16. The van der Waals surface area contributed by atoms with Gasteiger partial charge >= 0.3 is 0 Å². The highest BCUT2D eigenvalue weighted by Gasteiger charge is 2.07. The molecule has 0 fully saturated rings. The first kappa shape index (κ1) is 17.5. The van der Waals surface area contributed by atoms with Crippen molar-refractivity contribution in [1.82, 2.24) is 9.88 Å². The van der Waals surface area contributed by atoms with Crippen LogP contribution in [0.25, 0.3) is 0 Å². The molecule has 0 amide bonds. The zero-order chi connectivity index (χ0) is 16.8. The van der Waals surface area contributed by atoms with E-state index in [2.05, 4.69) is 69.3 Å². The van der Waals surface area contributed by atoms with Gasteiger partial charge in [0.25, 0.3) is 0 Å². The topological polar surface area (TPSA) is 40.5 Å². The molecule has 0 radical (unpaired) electrons. The first-order valence-corrected chi connectivity index (χ1v) is 8.50. The molecule has 1 aromatic heterocycles. The van der Waals surface area contributed by atoms with Crippen LogP contribution in [0.1, 0.15) is 23.7 Å². The van der Waals surface area contributed by atoms with Crippen molar-refractivity contribution in [3.05, 3.63) is 51.6 Å². The van der Waals surface area contributed by atoms with Crippen molar-refractivity contribution in [2.75, 3.05) is 18.9 Å². The molecule has 5 heteroatoms. The SMILES string of the molecule is CCN(C)C=Nc1cc(Br)c(NCc2ccccc2C)nc1C. The van der Waals surface area contributed by atoms with Crippen molar-refractivity contribution in [2.45, 2.75) is 27.3 Å². The van der Waals surface area contributed by atoms with Gasteiger partial charge in [0, 0.05) is 20.1 Å². The fourth-order valence-electron chi connectivity index (χ4n) is 2.06. The Bertz CT molecular complexity index is 697. The Balaban J connectivity index is 2.14. The summed E-state index contributed by atoms with van der Waals surface area (Å²) in [4.78, 5) is 11.1. The highest BCUT2D eigenvalue weighted by molar-refractivity contribution is 9.10. The molecule has 2 rings (SSSR count). The smallest absolute Gasteiger partial charge is 0.141 e. The molecule has 1 heterocycles. The van der Waals surface area contributed by atoms with Crippen LogP contribution in [0.2, 0.25) is 0 Å². The summed E-state index contributed by atoms with van der Waals surface area (Å²) >= 11 is 3.58. The lowest BCUT2D eigenvalue weighted by Crippen LogP contribution is -2.14. The van der Waals surface area contributed by atoms with Gasteiger partial charge in [0.15, 0.2) is 0 Å². The lowest BCUT2D eigenvalue weighted by atomic mass is 10.1. The molecule has 0 atom stereocenters. The summed E-state index contributed by atoms with van der Waals surface area (Å²) < 4.78 is 0.919. The average Bonchev–Trinajstić information content (AvgIpc) is 2.54. The van der Waals surface area contributed by atoms with Gasteiger partial charge in [-0.15, -0.1) is 0 Å². The predicted molar refractivity (Wildman–Crippen MR) is 102 cm³/mol. The lowest BCUT2D eigenvalue weighted by Gasteiger charge is -2.12. The average molecular weight is 375 g/mol. The molecule has 0 spiro atoms. The van der Waals surface area contributed by atoms with Gasteiger partial charge in [0.2, 0.25) is 0 Å². The Hall–Kier alpha value is -1.88. The fourth-order valence-corrected chi connectivity index (χ4v) is 2.50. The number of aryl methyl sites for hydroxylation is 2. The first-order valence-electron chi connectivity index (χ1n) is 7.71. The van der Waals surface area contributed by atoms with Crippen LogP contribution in [0.4, 0.5) is 11.5 Å². The third kappa shape index (κ3) is 4.79. The highest BCUT2D eigenvalue weighted by Crippen LogP contribution is 2.28. The number of hydrogen-bond acceptors (Lipinski definition) is 3. The summed E-state index contributed by atoms with van der Waals surface area (Å²) in [6.07, 6.45) is 1.83. The van der Waals surface area contributed by atoms with Crippen molar-refractivity contribution < 1.29 is 0 Å².